The van der Waals surface area contributed by atoms with E-state index in [1.54, 1.807) is 13.0 Å². The molecule has 0 amide bonds. The largest absolute Gasteiger partial charge is 0.496 e. The smallest absolute Gasteiger partial charge is 0.240 e. The minimum atomic E-state index is -3.80. The van der Waals surface area contributed by atoms with E-state index in [4.69, 9.17) is 4.74 Å². The van der Waals surface area contributed by atoms with E-state index in [2.05, 4.69) is 4.72 Å². The van der Waals surface area contributed by atoms with E-state index >= 15 is 0 Å². The number of halogens is 1. The van der Waals surface area contributed by atoms with Gasteiger partial charge < -0.3 is 9.84 Å². The Morgan fingerprint density at radius 3 is 2.38 bits per heavy atom. The molecule has 0 saturated heterocycles. The highest BCUT2D eigenvalue weighted by Crippen LogP contribution is 2.23. The van der Waals surface area contributed by atoms with Crippen molar-refractivity contribution in [1.82, 2.24) is 4.72 Å². The maximum Gasteiger partial charge on any atom is 0.240 e. The standard InChI is InChI=1S/C17H20FNO4S/c1-12-10-15(8-9-16(12)23-3)24(21,22)19-11-17(2,20)13-4-6-14(18)7-5-13/h4-10,19-20H,11H2,1-3H3. The fourth-order valence-corrected chi connectivity index (χ4v) is 3.46. The molecule has 0 aliphatic carbocycles. The van der Waals surface area contributed by atoms with Crippen molar-refractivity contribution in [3.63, 3.8) is 0 Å². The first-order chi connectivity index (χ1) is 11.2. The lowest BCUT2D eigenvalue weighted by molar-refractivity contribution is 0.0627. The van der Waals surface area contributed by atoms with Crippen LogP contribution in [-0.2, 0) is 15.6 Å². The Morgan fingerprint density at radius 1 is 1.21 bits per heavy atom. The number of aryl methyl sites for hydroxylation is 1. The third-order valence-electron chi connectivity index (χ3n) is 3.75. The van der Waals surface area contributed by atoms with Crippen LogP contribution in [0, 0.1) is 12.7 Å². The van der Waals surface area contributed by atoms with Crippen molar-refractivity contribution in [1.29, 1.82) is 0 Å². The van der Waals surface area contributed by atoms with Gasteiger partial charge in [0, 0.05) is 6.54 Å². The van der Waals surface area contributed by atoms with Crippen molar-refractivity contribution >= 4 is 10.0 Å². The Kier molecular flexibility index (Phi) is 5.27. The summed E-state index contributed by atoms with van der Waals surface area (Å²) < 4.78 is 45.2. The summed E-state index contributed by atoms with van der Waals surface area (Å²) in [6.07, 6.45) is 0. The van der Waals surface area contributed by atoms with Gasteiger partial charge in [0.25, 0.3) is 0 Å². The molecular formula is C17H20FNO4S. The van der Waals surface area contributed by atoms with Crippen LogP contribution in [0.2, 0.25) is 0 Å². The number of methoxy groups -OCH3 is 1. The molecule has 2 N–H and O–H groups in total. The van der Waals surface area contributed by atoms with Crippen LogP contribution in [0.1, 0.15) is 18.1 Å². The van der Waals surface area contributed by atoms with Gasteiger partial charge in [-0.25, -0.2) is 17.5 Å². The quantitative estimate of drug-likeness (QED) is 0.836. The van der Waals surface area contributed by atoms with Gasteiger partial charge in [0.15, 0.2) is 0 Å². The zero-order valence-electron chi connectivity index (χ0n) is 13.7. The molecule has 0 heterocycles. The maximum atomic E-state index is 13.0. The number of hydrogen-bond acceptors (Lipinski definition) is 4. The Hall–Kier alpha value is -1.96. The molecule has 0 aromatic heterocycles. The molecule has 1 atom stereocenters. The van der Waals surface area contributed by atoms with Crippen LogP contribution in [-0.4, -0.2) is 27.2 Å². The Balaban J connectivity index is 2.17. The van der Waals surface area contributed by atoms with E-state index in [1.165, 1.54) is 50.4 Å². The van der Waals surface area contributed by atoms with Crippen LogP contribution in [0.3, 0.4) is 0 Å². The van der Waals surface area contributed by atoms with Crippen molar-refractivity contribution in [2.24, 2.45) is 0 Å². The Labute approximate surface area is 141 Å². The number of hydrogen-bond donors (Lipinski definition) is 2. The molecule has 130 valence electrons. The normalized spacial score (nSPS) is 14.2. The third-order valence-corrected chi connectivity index (χ3v) is 5.15. The number of aliphatic hydroxyl groups is 1. The summed E-state index contributed by atoms with van der Waals surface area (Å²) in [6, 6.07) is 9.76. The molecule has 2 aromatic rings. The highest BCUT2D eigenvalue weighted by atomic mass is 32.2. The second-order valence-corrected chi connectivity index (χ2v) is 7.50. The lowest BCUT2D eigenvalue weighted by Gasteiger charge is -2.24. The Morgan fingerprint density at radius 2 is 1.83 bits per heavy atom. The number of benzene rings is 2. The van der Waals surface area contributed by atoms with Crippen LogP contribution in [0.4, 0.5) is 4.39 Å². The second kappa shape index (κ2) is 6.88. The predicted octanol–water partition coefficient (Wildman–Crippen LogP) is 2.33. The summed E-state index contributed by atoms with van der Waals surface area (Å²) in [5.41, 5.74) is -0.370. The fourth-order valence-electron chi connectivity index (χ4n) is 2.25. The molecular weight excluding hydrogens is 333 g/mol. The highest BCUT2D eigenvalue weighted by Gasteiger charge is 2.26. The highest BCUT2D eigenvalue weighted by molar-refractivity contribution is 7.89. The lowest BCUT2D eigenvalue weighted by atomic mass is 9.96. The van der Waals surface area contributed by atoms with Gasteiger partial charge in [-0.1, -0.05) is 12.1 Å². The van der Waals surface area contributed by atoms with Crippen LogP contribution in [0.25, 0.3) is 0 Å². The van der Waals surface area contributed by atoms with Crippen LogP contribution in [0.15, 0.2) is 47.4 Å². The minimum absolute atomic E-state index is 0.0794. The fraction of sp³-hybridized carbons (Fsp3) is 0.294. The average Bonchev–Trinajstić information content (AvgIpc) is 2.53. The molecule has 7 heteroatoms. The number of sulfonamides is 1. The van der Waals surface area contributed by atoms with Crippen molar-refractivity contribution in [2.75, 3.05) is 13.7 Å². The van der Waals surface area contributed by atoms with Gasteiger partial charge in [0.05, 0.1) is 12.0 Å². The van der Waals surface area contributed by atoms with Gasteiger partial charge in [0.1, 0.15) is 17.2 Å². The van der Waals surface area contributed by atoms with E-state index in [1.807, 2.05) is 0 Å². The maximum absolute atomic E-state index is 13.0. The zero-order valence-corrected chi connectivity index (χ0v) is 14.5. The van der Waals surface area contributed by atoms with Crippen LogP contribution >= 0.6 is 0 Å². The summed E-state index contributed by atoms with van der Waals surface area (Å²) in [6.45, 7) is 2.96. The van der Waals surface area contributed by atoms with Gasteiger partial charge >= 0.3 is 0 Å². The van der Waals surface area contributed by atoms with E-state index in [-0.39, 0.29) is 11.4 Å². The summed E-state index contributed by atoms with van der Waals surface area (Å²) in [4.78, 5) is 0.0794. The predicted molar refractivity (Wildman–Crippen MR) is 88.9 cm³/mol. The molecule has 0 fully saturated rings. The first-order valence-corrected chi connectivity index (χ1v) is 8.77. The van der Waals surface area contributed by atoms with Crippen LogP contribution < -0.4 is 9.46 Å². The first-order valence-electron chi connectivity index (χ1n) is 7.28. The monoisotopic (exact) mass is 353 g/mol. The van der Waals surface area contributed by atoms with Gasteiger partial charge in [-0.05, 0) is 55.3 Å². The van der Waals surface area contributed by atoms with E-state index in [9.17, 15) is 17.9 Å². The molecule has 0 spiro atoms. The van der Waals surface area contributed by atoms with E-state index in [0.29, 0.717) is 16.9 Å². The number of ether oxygens (including phenoxy) is 1. The van der Waals surface area contributed by atoms with Crippen molar-refractivity contribution in [3.05, 3.63) is 59.4 Å². The molecule has 2 aromatic carbocycles. The van der Waals surface area contributed by atoms with E-state index < -0.39 is 21.4 Å². The topological polar surface area (TPSA) is 75.6 Å². The van der Waals surface area contributed by atoms with Crippen molar-refractivity contribution in [2.45, 2.75) is 24.3 Å². The molecule has 1 unspecified atom stereocenters. The molecule has 0 saturated carbocycles. The summed E-state index contributed by atoms with van der Waals surface area (Å²) in [5.74, 6) is 0.163. The SMILES string of the molecule is COc1ccc(S(=O)(=O)NCC(C)(O)c2ccc(F)cc2)cc1C. The van der Waals surface area contributed by atoms with E-state index in [0.717, 1.165) is 0 Å². The minimum Gasteiger partial charge on any atom is -0.496 e. The molecule has 0 aliphatic heterocycles. The van der Waals surface area contributed by atoms with Gasteiger partial charge in [-0.15, -0.1) is 0 Å². The zero-order chi connectivity index (χ0) is 18.0. The first kappa shape index (κ1) is 18.4. The molecule has 5 nitrogen and oxygen atoms in total. The van der Waals surface area contributed by atoms with Crippen molar-refractivity contribution in [3.8, 4) is 5.75 Å². The molecule has 0 bridgehead atoms. The van der Waals surface area contributed by atoms with Gasteiger partial charge in [0.2, 0.25) is 10.0 Å². The molecule has 0 aliphatic rings. The Bertz CT molecular complexity index is 817. The number of rotatable bonds is 6. The van der Waals surface area contributed by atoms with Crippen LogP contribution in [0.5, 0.6) is 5.75 Å². The van der Waals surface area contributed by atoms with Gasteiger partial charge in [-0.3, -0.25) is 0 Å². The summed E-state index contributed by atoms with van der Waals surface area (Å²) >= 11 is 0. The number of nitrogens with one attached hydrogen (secondary N) is 1. The third kappa shape index (κ3) is 4.11. The van der Waals surface area contributed by atoms with Gasteiger partial charge in [-0.2, -0.15) is 0 Å². The summed E-state index contributed by atoms with van der Waals surface area (Å²) in [5, 5.41) is 10.5. The second-order valence-electron chi connectivity index (χ2n) is 5.74. The summed E-state index contributed by atoms with van der Waals surface area (Å²) in [7, 11) is -2.29. The lowest BCUT2D eigenvalue weighted by Crippen LogP contribution is -2.38. The molecule has 2 rings (SSSR count). The molecule has 0 radical (unpaired) electrons. The van der Waals surface area contributed by atoms with Crippen molar-refractivity contribution < 1.29 is 22.7 Å². The average molecular weight is 353 g/mol. The molecule has 24 heavy (non-hydrogen) atoms.